The fourth-order valence-electron chi connectivity index (χ4n) is 0.594. The van der Waals surface area contributed by atoms with Gasteiger partial charge >= 0.3 is 0 Å². The van der Waals surface area contributed by atoms with Crippen molar-refractivity contribution < 1.29 is 9.32 Å². The number of hydrogen-bond acceptors (Lipinski definition) is 4. The molecule has 6 heteroatoms. The van der Waals surface area contributed by atoms with Crippen molar-refractivity contribution in [1.82, 2.24) is 5.09 Å². The summed E-state index contributed by atoms with van der Waals surface area (Å²) in [6, 6.07) is 0. The van der Waals surface area contributed by atoms with E-state index in [1.807, 2.05) is 6.92 Å². The SMILES string of the molecule is CCOP(=S)(NC=O)SCC(C)C. The van der Waals surface area contributed by atoms with Crippen molar-refractivity contribution in [2.75, 3.05) is 12.4 Å². The molecule has 0 aromatic carbocycles. The Hall–Kier alpha value is 0.430. The van der Waals surface area contributed by atoms with Gasteiger partial charge in [0.25, 0.3) is 0 Å². The van der Waals surface area contributed by atoms with Crippen molar-refractivity contribution in [3.8, 4) is 0 Å². The molecule has 0 aliphatic rings. The molecule has 1 unspecified atom stereocenters. The maximum Gasteiger partial charge on any atom is 0.213 e. The molecule has 0 aromatic heterocycles. The second-order valence-electron chi connectivity index (χ2n) is 2.85. The maximum absolute atomic E-state index is 10.3. The van der Waals surface area contributed by atoms with Gasteiger partial charge in [0.2, 0.25) is 12.0 Å². The van der Waals surface area contributed by atoms with Gasteiger partial charge in [-0.1, -0.05) is 25.2 Å². The zero-order valence-corrected chi connectivity index (χ0v) is 10.7. The molecule has 13 heavy (non-hydrogen) atoms. The van der Waals surface area contributed by atoms with Crippen LogP contribution in [0.1, 0.15) is 20.8 Å². The molecule has 78 valence electrons. The van der Waals surface area contributed by atoms with E-state index in [0.29, 0.717) is 18.9 Å². The summed E-state index contributed by atoms with van der Waals surface area (Å²) < 4.78 is 5.37. The fraction of sp³-hybridized carbons (Fsp3) is 0.857. The van der Waals surface area contributed by atoms with Gasteiger partial charge < -0.3 is 9.61 Å². The van der Waals surface area contributed by atoms with Crippen LogP contribution in [0.15, 0.2) is 0 Å². The van der Waals surface area contributed by atoms with Crippen LogP contribution in [0, 0.1) is 5.92 Å². The van der Waals surface area contributed by atoms with E-state index in [1.54, 1.807) is 11.4 Å². The topological polar surface area (TPSA) is 38.3 Å². The van der Waals surface area contributed by atoms with E-state index in [-0.39, 0.29) is 0 Å². The molecule has 0 rings (SSSR count). The molecule has 0 aliphatic carbocycles. The summed E-state index contributed by atoms with van der Waals surface area (Å²) in [6.07, 6.45) is 0.629. The monoisotopic (exact) mass is 241 g/mol. The highest BCUT2D eigenvalue weighted by Crippen LogP contribution is 2.56. The average Bonchev–Trinajstić information content (AvgIpc) is 2.02. The van der Waals surface area contributed by atoms with Gasteiger partial charge in [0.15, 0.2) is 0 Å². The van der Waals surface area contributed by atoms with Gasteiger partial charge in [-0.2, -0.15) is 0 Å². The molecule has 1 atom stereocenters. The Kier molecular flexibility index (Phi) is 7.05. The minimum absolute atomic E-state index is 0.545. The summed E-state index contributed by atoms with van der Waals surface area (Å²) in [6.45, 7) is 6.64. The lowest BCUT2D eigenvalue weighted by atomic mass is 10.3. The van der Waals surface area contributed by atoms with Crippen LogP contribution in [-0.2, 0) is 21.1 Å². The van der Waals surface area contributed by atoms with Crippen molar-refractivity contribution in [3.63, 3.8) is 0 Å². The highest BCUT2D eigenvalue weighted by atomic mass is 32.9. The van der Waals surface area contributed by atoms with Crippen molar-refractivity contribution >= 4 is 35.2 Å². The summed E-state index contributed by atoms with van der Waals surface area (Å²) >= 11 is 6.77. The molecule has 0 fully saturated rings. The second-order valence-corrected chi connectivity index (χ2v) is 9.51. The molecule has 0 saturated carbocycles. The normalized spacial score (nSPS) is 15.4. The van der Waals surface area contributed by atoms with Crippen molar-refractivity contribution in [2.45, 2.75) is 20.8 Å². The molecular formula is C7H16NO2PS2. The molecular weight excluding hydrogens is 225 g/mol. The van der Waals surface area contributed by atoms with E-state index in [2.05, 4.69) is 18.9 Å². The lowest BCUT2D eigenvalue weighted by Gasteiger charge is -2.20. The van der Waals surface area contributed by atoms with Crippen molar-refractivity contribution in [3.05, 3.63) is 0 Å². The molecule has 1 amide bonds. The van der Waals surface area contributed by atoms with Crippen LogP contribution >= 0.6 is 17.0 Å². The largest absolute Gasteiger partial charge is 0.327 e. The first kappa shape index (κ1) is 13.4. The molecule has 0 aliphatic heterocycles. The van der Waals surface area contributed by atoms with Gasteiger partial charge in [0.05, 0.1) is 6.61 Å². The number of carbonyl (C=O) groups is 1. The van der Waals surface area contributed by atoms with Crippen LogP contribution in [0.2, 0.25) is 0 Å². The number of rotatable bonds is 7. The summed E-state index contributed by atoms with van der Waals surface area (Å²) in [7, 11) is 0. The lowest BCUT2D eigenvalue weighted by Crippen LogP contribution is -2.08. The number of hydrogen-bond donors (Lipinski definition) is 1. The van der Waals surface area contributed by atoms with Crippen molar-refractivity contribution in [1.29, 1.82) is 0 Å². The van der Waals surface area contributed by atoms with Gasteiger partial charge in [-0.05, 0) is 24.6 Å². The van der Waals surface area contributed by atoms with E-state index in [0.717, 1.165) is 5.75 Å². The third kappa shape index (κ3) is 6.49. The van der Waals surface area contributed by atoms with Crippen LogP contribution in [0.25, 0.3) is 0 Å². The summed E-state index contributed by atoms with van der Waals surface area (Å²) in [5.74, 6) is 1.47. The maximum atomic E-state index is 10.3. The Morgan fingerprint density at radius 2 is 2.31 bits per heavy atom. The zero-order valence-electron chi connectivity index (χ0n) is 8.15. The van der Waals surface area contributed by atoms with E-state index in [1.165, 1.54) is 0 Å². The standard InChI is InChI=1S/C7H16NO2PS2/c1-4-10-11(12,8-6-9)13-5-7(2)3/h6-7H,4-5H2,1-3H3,(H,8,9,12). The first-order chi connectivity index (χ1) is 6.04. The van der Waals surface area contributed by atoms with Gasteiger partial charge in [-0.25, -0.2) is 0 Å². The number of carbonyl (C=O) groups excluding carboxylic acids is 1. The molecule has 0 saturated heterocycles. The predicted octanol–water partition coefficient (Wildman–Crippen LogP) is 2.38. The van der Waals surface area contributed by atoms with Gasteiger partial charge in [0.1, 0.15) is 0 Å². The average molecular weight is 241 g/mol. The molecule has 0 radical (unpaired) electrons. The Bertz CT molecular complexity index is 199. The van der Waals surface area contributed by atoms with E-state index in [4.69, 9.17) is 16.3 Å². The summed E-state index contributed by atoms with van der Waals surface area (Å²) in [5.41, 5.74) is -2.14. The minimum atomic E-state index is -2.14. The van der Waals surface area contributed by atoms with E-state index >= 15 is 0 Å². The van der Waals surface area contributed by atoms with Gasteiger partial charge in [-0.15, -0.1) is 0 Å². The van der Waals surface area contributed by atoms with E-state index in [9.17, 15) is 4.79 Å². The van der Waals surface area contributed by atoms with Crippen LogP contribution in [0.4, 0.5) is 0 Å². The molecule has 0 spiro atoms. The second kappa shape index (κ2) is 6.82. The minimum Gasteiger partial charge on any atom is -0.327 e. The number of nitrogens with one attached hydrogen (secondary N) is 1. The third-order valence-corrected chi connectivity index (χ3v) is 6.94. The van der Waals surface area contributed by atoms with E-state index < -0.39 is 5.62 Å². The predicted molar refractivity (Wildman–Crippen MR) is 62.4 cm³/mol. The number of amides is 1. The van der Waals surface area contributed by atoms with Gasteiger partial charge in [0, 0.05) is 5.75 Å². The van der Waals surface area contributed by atoms with Crippen molar-refractivity contribution in [2.24, 2.45) is 5.92 Å². The third-order valence-electron chi connectivity index (χ3n) is 1.09. The van der Waals surface area contributed by atoms with Crippen LogP contribution in [0.5, 0.6) is 0 Å². The Balaban J connectivity index is 4.07. The Labute approximate surface area is 88.9 Å². The Morgan fingerprint density at radius 1 is 1.69 bits per heavy atom. The quantitative estimate of drug-likeness (QED) is 0.548. The smallest absolute Gasteiger partial charge is 0.213 e. The summed E-state index contributed by atoms with van der Waals surface area (Å²) in [5, 5.41) is 2.60. The van der Waals surface area contributed by atoms with Gasteiger partial charge in [-0.3, -0.25) is 4.79 Å². The molecule has 1 N–H and O–H groups in total. The lowest BCUT2D eigenvalue weighted by molar-refractivity contribution is -0.108. The van der Waals surface area contributed by atoms with Crippen LogP contribution < -0.4 is 5.09 Å². The Morgan fingerprint density at radius 3 is 2.69 bits per heavy atom. The first-order valence-corrected chi connectivity index (χ1v) is 8.45. The zero-order chi connectivity index (χ0) is 10.3. The molecule has 3 nitrogen and oxygen atoms in total. The van der Waals surface area contributed by atoms with Crippen LogP contribution in [0.3, 0.4) is 0 Å². The summed E-state index contributed by atoms with van der Waals surface area (Å²) in [4.78, 5) is 10.3. The first-order valence-electron chi connectivity index (χ1n) is 4.14. The highest BCUT2D eigenvalue weighted by molar-refractivity contribution is 8.68. The molecule has 0 heterocycles. The fourth-order valence-corrected chi connectivity index (χ4v) is 5.15. The molecule has 0 bridgehead atoms. The highest BCUT2D eigenvalue weighted by Gasteiger charge is 2.17. The molecule has 0 aromatic rings. The van der Waals surface area contributed by atoms with Crippen LogP contribution in [-0.4, -0.2) is 18.8 Å².